The van der Waals surface area contributed by atoms with Crippen molar-refractivity contribution in [3.63, 3.8) is 0 Å². The molecule has 1 fully saturated rings. The van der Waals surface area contributed by atoms with Crippen molar-refractivity contribution >= 4 is 22.6 Å². The fourth-order valence-electron chi connectivity index (χ4n) is 3.10. The van der Waals surface area contributed by atoms with E-state index in [1.807, 2.05) is 18.5 Å². The molecule has 0 N–H and O–H groups in total. The minimum atomic E-state index is 0.451. The summed E-state index contributed by atoms with van der Waals surface area (Å²) in [6.07, 6.45) is 11.2. The third-order valence-electron chi connectivity index (χ3n) is 4.17. The summed E-state index contributed by atoms with van der Waals surface area (Å²) in [5.74, 6) is 1.61. The van der Waals surface area contributed by atoms with Crippen molar-refractivity contribution in [3.8, 4) is 0 Å². The lowest BCUT2D eigenvalue weighted by Crippen LogP contribution is -2.20. The molecule has 4 nitrogen and oxygen atoms in total. The number of nitrogens with zero attached hydrogens (tertiary/aromatic N) is 3. The van der Waals surface area contributed by atoms with Crippen molar-refractivity contribution in [1.82, 2.24) is 14.5 Å². The topological polar surface area (TPSA) is 39.9 Å². The van der Waals surface area contributed by atoms with Gasteiger partial charge in [-0.2, -0.15) is 0 Å². The fraction of sp³-hybridized carbons (Fsp3) is 0.625. The Labute approximate surface area is 130 Å². The van der Waals surface area contributed by atoms with Gasteiger partial charge in [0.15, 0.2) is 0 Å². The standard InChI is InChI=1S/C16H22ClN3O/c17-8-6-16-19-14-12-18-9-7-15(14)20(16)10-11-21-13-4-2-1-3-5-13/h7,9,12-13H,1-6,8,10-11H2. The predicted molar refractivity (Wildman–Crippen MR) is 84.8 cm³/mol. The molecule has 2 aromatic rings. The van der Waals surface area contributed by atoms with Gasteiger partial charge in [0.25, 0.3) is 0 Å². The van der Waals surface area contributed by atoms with Crippen LogP contribution >= 0.6 is 11.6 Å². The average molecular weight is 308 g/mol. The van der Waals surface area contributed by atoms with Gasteiger partial charge in [0.05, 0.1) is 24.4 Å². The fourth-order valence-corrected chi connectivity index (χ4v) is 3.27. The van der Waals surface area contributed by atoms with Crippen LogP contribution in [0.15, 0.2) is 18.5 Å². The molecule has 21 heavy (non-hydrogen) atoms. The molecule has 0 saturated heterocycles. The number of alkyl halides is 1. The van der Waals surface area contributed by atoms with Crippen LogP contribution < -0.4 is 0 Å². The first-order valence-electron chi connectivity index (χ1n) is 7.85. The molecule has 2 aromatic heterocycles. The second-order valence-corrected chi connectivity index (χ2v) is 5.99. The Hall–Kier alpha value is -1.13. The average Bonchev–Trinajstić information content (AvgIpc) is 2.87. The predicted octanol–water partition coefficient (Wildman–Crippen LogP) is 3.56. The van der Waals surface area contributed by atoms with Gasteiger partial charge < -0.3 is 9.30 Å². The summed E-state index contributed by atoms with van der Waals surface area (Å²) < 4.78 is 8.27. The number of hydrogen-bond acceptors (Lipinski definition) is 3. The molecular weight excluding hydrogens is 286 g/mol. The van der Waals surface area contributed by atoms with Gasteiger partial charge in [-0.15, -0.1) is 11.6 Å². The smallest absolute Gasteiger partial charge is 0.111 e. The zero-order valence-corrected chi connectivity index (χ0v) is 13.1. The van der Waals surface area contributed by atoms with Crippen LogP contribution in [0.25, 0.3) is 11.0 Å². The maximum absolute atomic E-state index is 6.04. The van der Waals surface area contributed by atoms with Crippen LogP contribution in [-0.2, 0) is 17.7 Å². The molecule has 0 atom stereocenters. The van der Waals surface area contributed by atoms with Gasteiger partial charge in [-0.25, -0.2) is 4.98 Å². The van der Waals surface area contributed by atoms with Crippen molar-refractivity contribution in [2.45, 2.75) is 51.2 Å². The molecule has 1 saturated carbocycles. The largest absolute Gasteiger partial charge is 0.376 e. The van der Waals surface area contributed by atoms with E-state index in [1.54, 1.807) is 0 Å². The molecule has 5 heteroatoms. The third kappa shape index (κ3) is 3.55. The third-order valence-corrected chi connectivity index (χ3v) is 4.36. The van der Waals surface area contributed by atoms with E-state index in [9.17, 15) is 0 Å². The van der Waals surface area contributed by atoms with Crippen molar-refractivity contribution in [3.05, 3.63) is 24.3 Å². The number of pyridine rings is 1. The Morgan fingerprint density at radius 1 is 1.29 bits per heavy atom. The Kier molecular flexibility index (Phi) is 5.09. The number of halogens is 1. The van der Waals surface area contributed by atoms with E-state index in [0.717, 1.165) is 36.4 Å². The molecule has 0 radical (unpaired) electrons. The first-order chi connectivity index (χ1) is 10.4. The molecule has 2 heterocycles. The minimum Gasteiger partial charge on any atom is -0.376 e. The number of rotatable bonds is 6. The number of ether oxygens (including phenoxy) is 1. The molecule has 1 aliphatic carbocycles. The lowest BCUT2D eigenvalue weighted by molar-refractivity contribution is 0.0242. The molecule has 0 aliphatic heterocycles. The van der Waals surface area contributed by atoms with Gasteiger partial charge in [-0.3, -0.25) is 4.98 Å². The zero-order valence-electron chi connectivity index (χ0n) is 12.3. The second-order valence-electron chi connectivity index (χ2n) is 5.61. The van der Waals surface area contributed by atoms with Crippen LogP contribution in [0.3, 0.4) is 0 Å². The normalized spacial score (nSPS) is 16.6. The van der Waals surface area contributed by atoms with Gasteiger partial charge in [0, 0.05) is 25.0 Å². The summed E-state index contributed by atoms with van der Waals surface area (Å²) in [5.41, 5.74) is 2.06. The van der Waals surface area contributed by atoms with E-state index in [0.29, 0.717) is 12.0 Å². The molecule has 0 amide bonds. The number of aryl methyl sites for hydroxylation is 1. The highest BCUT2D eigenvalue weighted by Crippen LogP contribution is 2.21. The van der Waals surface area contributed by atoms with Crippen molar-refractivity contribution in [1.29, 1.82) is 0 Å². The van der Waals surface area contributed by atoms with Crippen molar-refractivity contribution in [2.24, 2.45) is 0 Å². The van der Waals surface area contributed by atoms with Gasteiger partial charge >= 0.3 is 0 Å². The van der Waals surface area contributed by atoms with E-state index in [4.69, 9.17) is 16.3 Å². The van der Waals surface area contributed by atoms with E-state index < -0.39 is 0 Å². The van der Waals surface area contributed by atoms with Gasteiger partial charge in [-0.05, 0) is 18.9 Å². The number of hydrogen-bond donors (Lipinski definition) is 0. The molecule has 0 aromatic carbocycles. The molecule has 0 spiro atoms. The molecule has 0 bridgehead atoms. The van der Waals surface area contributed by atoms with Gasteiger partial charge in [0.2, 0.25) is 0 Å². The molecular formula is C16H22ClN3O. The quantitative estimate of drug-likeness (QED) is 0.766. The minimum absolute atomic E-state index is 0.451. The highest BCUT2D eigenvalue weighted by atomic mass is 35.5. The van der Waals surface area contributed by atoms with Crippen LogP contribution in [-0.4, -0.2) is 33.1 Å². The molecule has 0 unspecified atom stereocenters. The van der Waals surface area contributed by atoms with Crippen LogP contribution in [0.2, 0.25) is 0 Å². The number of aromatic nitrogens is 3. The Morgan fingerprint density at radius 3 is 2.95 bits per heavy atom. The lowest BCUT2D eigenvalue weighted by Gasteiger charge is -2.22. The molecule has 1 aliphatic rings. The van der Waals surface area contributed by atoms with E-state index in [-0.39, 0.29) is 0 Å². The van der Waals surface area contributed by atoms with Crippen LogP contribution in [0.1, 0.15) is 37.9 Å². The van der Waals surface area contributed by atoms with Crippen LogP contribution in [0.4, 0.5) is 0 Å². The first kappa shape index (κ1) is 14.8. The summed E-state index contributed by atoms with van der Waals surface area (Å²) in [4.78, 5) is 8.77. The van der Waals surface area contributed by atoms with Crippen molar-refractivity contribution < 1.29 is 4.74 Å². The SMILES string of the molecule is ClCCc1nc2cnccc2n1CCOC1CCCCC1. The monoisotopic (exact) mass is 307 g/mol. The van der Waals surface area contributed by atoms with Gasteiger partial charge in [0.1, 0.15) is 11.3 Å². The molecule has 3 rings (SSSR count). The summed E-state index contributed by atoms with van der Waals surface area (Å²) in [6.45, 7) is 1.58. The van der Waals surface area contributed by atoms with E-state index >= 15 is 0 Å². The number of imidazole rings is 1. The van der Waals surface area contributed by atoms with E-state index in [2.05, 4.69) is 14.5 Å². The number of fused-ring (bicyclic) bond motifs is 1. The Bertz CT molecular complexity index is 578. The Balaban J connectivity index is 1.68. The maximum Gasteiger partial charge on any atom is 0.111 e. The maximum atomic E-state index is 6.04. The summed E-state index contributed by atoms with van der Waals surface area (Å²) in [6, 6.07) is 2.01. The first-order valence-corrected chi connectivity index (χ1v) is 8.38. The summed E-state index contributed by atoms with van der Waals surface area (Å²) in [7, 11) is 0. The zero-order chi connectivity index (χ0) is 14.5. The highest BCUT2D eigenvalue weighted by Gasteiger charge is 2.15. The highest BCUT2D eigenvalue weighted by molar-refractivity contribution is 6.17. The van der Waals surface area contributed by atoms with Crippen LogP contribution in [0, 0.1) is 0 Å². The van der Waals surface area contributed by atoms with Crippen molar-refractivity contribution in [2.75, 3.05) is 12.5 Å². The Morgan fingerprint density at radius 2 is 2.14 bits per heavy atom. The summed E-state index contributed by atoms with van der Waals surface area (Å²) >= 11 is 5.89. The second kappa shape index (κ2) is 7.23. The van der Waals surface area contributed by atoms with Gasteiger partial charge in [-0.1, -0.05) is 19.3 Å². The summed E-state index contributed by atoms with van der Waals surface area (Å²) in [5, 5.41) is 0. The lowest BCUT2D eigenvalue weighted by atomic mass is 9.98. The van der Waals surface area contributed by atoms with E-state index in [1.165, 1.54) is 32.1 Å². The van der Waals surface area contributed by atoms with Crippen LogP contribution in [0.5, 0.6) is 0 Å². The molecule has 114 valence electrons.